The third kappa shape index (κ3) is 2.61. The van der Waals surface area contributed by atoms with Crippen LogP contribution in [-0.4, -0.2) is 18.2 Å². The summed E-state index contributed by atoms with van der Waals surface area (Å²) in [5, 5.41) is 8.00. The van der Waals surface area contributed by atoms with Gasteiger partial charge in [0.1, 0.15) is 0 Å². The lowest BCUT2D eigenvalue weighted by Gasteiger charge is -2.60. The minimum atomic E-state index is 0.577. The summed E-state index contributed by atoms with van der Waals surface area (Å²) in [6, 6.07) is 0. The molecule has 0 spiro atoms. The minimum absolute atomic E-state index is 0.577. The van der Waals surface area contributed by atoms with Gasteiger partial charge in [-0.15, -0.1) is 0 Å². The van der Waals surface area contributed by atoms with E-state index in [1.165, 1.54) is 38.5 Å². The van der Waals surface area contributed by atoms with Gasteiger partial charge >= 0.3 is 0 Å². The molecular weight excluding hydrogens is 312 g/mol. The summed E-state index contributed by atoms with van der Waals surface area (Å²) in [5.74, 6) is 5.46. The summed E-state index contributed by atoms with van der Waals surface area (Å²) < 4.78 is 0. The van der Waals surface area contributed by atoms with Crippen molar-refractivity contribution in [2.24, 2.45) is 46.3 Å². The van der Waals surface area contributed by atoms with Crippen LogP contribution < -0.4 is 10.6 Å². The van der Waals surface area contributed by atoms with Gasteiger partial charge in [0, 0.05) is 13.1 Å². The maximum absolute atomic E-state index is 5.59. The van der Waals surface area contributed by atoms with Crippen molar-refractivity contribution in [3.05, 3.63) is 0 Å². The Kier molecular flexibility index (Phi) is 4.18. The molecule has 2 nitrogen and oxygen atoms in total. The van der Waals surface area contributed by atoms with E-state index in [4.69, 9.17) is 12.2 Å². The Labute approximate surface area is 153 Å². The molecule has 0 aliphatic heterocycles. The van der Waals surface area contributed by atoms with Gasteiger partial charge in [-0.05, 0) is 97.1 Å². The van der Waals surface area contributed by atoms with Gasteiger partial charge in [0.25, 0.3) is 0 Å². The Morgan fingerprint density at radius 3 is 1.54 bits per heavy atom. The molecule has 6 fully saturated rings. The number of hydrogen-bond acceptors (Lipinski definition) is 1. The van der Waals surface area contributed by atoms with E-state index >= 15 is 0 Å². The van der Waals surface area contributed by atoms with Gasteiger partial charge in [-0.3, -0.25) is 0 Å². The molecule has 6 aliphatic rings. The van der Waals surface area contributed by atoms with Gasteiger partial charge in [0.05, 0.1) is 0 Å². The highest BCUT2D eigenvalue weighted by Crippen LogP contribution is 2.62. The molecule has 0 aromatic carbocycles. The number of hydrogen-bond donors (Lipinski definition) is 2. The van der Waals surface area contributed by atoms with Crippen LogP contribution in [0, 0.1) is 46.3 Å². The second-order valence-electron chi connectivity index (χ2n) is 10.5. The summed E-state index contributed by atoms with van der Waals surface area (Å²) >= 11 is 5.59. The second-order valence-corrected chi connectivity index (χ2v) is 10.9. The van der Waals surface area contributed by atoms with E-state index in [9.17, 15) is 0 Å². The van der Waals surface area contributed by atoms with Gasteiger partial charge in [0.2, 0.25) is 0 Å². The van der Waals surface area contributed by atoms with Crippen molar-refractivity contribution >= 4 is 17.3 Å². The SMILES string of the molecule is CC1(C)[C@H]2CC[C@H](CNC(=S)NC[C@H]3CC[C@H]4C[C@@H]3C4(C)C)[C@@H]1C2. The first-order valence-electron chi connectivity index (χ1n) is 10.3. The fourth-order valence-corrected chi connectivity index (χ4v) is 7.09. The van der Waals surface area contributed by atoms with Crippen LogP contribution in [0.1, 0.15) is 66.2 Å². The molecule has 4 bridgehead atoms. The lowest BCUT2D eigenvalue weighted by Crippen LogP contribution is -2.56. The van der Waals surface area contributed by atoms with Gasteiger partial charge in [0.15, 0.2) is 5.11 Å². The number of thiocarbonyl (C=S) groups is 1. The van der Waals surface area contributed by atoms with E-state index in [2.05, 4.69) is 38.3 Å². The molecule has 0 radical (unpaired) electrons. The lowest BCUT2D eigenvalue weighted by molar-refractivity contribution is -0.103. The van der Waals surface area contributed by atoms with Crippen molar-refractivity contribution in [3.8, 4) is 0 Å². The highest BCUT2D eigenvalue weighted by atomic mass is 32.1. The molecule has 6 rings (SSSR count). The largest absolute Gasteiger partial charge is 0.362 e. The zero-order chi connectivity index (χ0) is 17.1. The maximum Gasteiger partial charge on any atom is 0.166 e. The molecule has 6 aliphatic carbocycles. The third-order valence-electron chi connectivity index (χ3n) is 9.05. The van der Waals surface area contributed by atoms with Crippen LogP contribution in [0.15, 0.2) is 0 Å². The van der Waals surface area contributed by atoms with Crippen molar-refractivity contribution in [2.75, 3.05) is 13.1 Å². The zero-order valence-corrected chi connectivity index (χ0v) is 16.8. The number of rotatable bonds is 4. The minimum Gasteiger partial charge on any atom is -0.362 e. The van der Waals surface area contributed by atoms with Crippen LogP contribution in [0.4, 0.5) is 0 Å². The van der Waals surface area contributed by atoms with Crippen molar-refractivity contribution in [2.45, 2.75) is 66.2 Å². The summed E-state index contributed by atoms with van der Waals surface area (Å²) in [6.07, 6.45) is 8.56. The molecule has 3 heteroatoms. The smallest absolute Gasteiger partial charge is 0.166 e. The molecule has 2 N–H and O–H groups in total. The predicted molar refractivity (Wildman–Crippen MR) is 105 cm³/mol. The van der Waals surface area contributed by atoms with E-state index in [0.717, 1.165) is 53.7 Å². The lowest BCUT2D eigenvalue weighted by atomic mass is 9.45. The Morgan fingerprint density at radius 2 is 1.21 bits per heavy atom. The fraction of sp³-hybridized carbons (Fsp3) is 0.952. The molecule has 24 heavy (non-hydrogen) atoms. The molecule has 0 amide bonds. The summed E-state index contributed by atoms with van der Waals surface area (Å²) in [7, 11) is 0. The number of fused-ring (bicyclic) bond motifs is 4. The highest BCUT2D eigenvalue weighted by Gasteiger charge is 2.54. The van der Waals surface area contributed by atoms with Crippen LogP contribution in [0.5, 0.6) is 0 Å². The van der Waals surface area contributed by atoms with Crippen molar-refractivity contribution < 1.29 is 0 Å². The molecule has 0 unspecified atom stereocenters. The first-order valence-corrected chi connectivity index (χ1v) is 10.7. The molecule has 136 valence electrons. The Morgan fingerprint density at radius 1 is 0.792 bits per heavy atom. The normalized spacial score (nSPS) is 44.0. The monoisotopic (exact) mass is 348 g/mol. The van der Waals surface area contributed by atoms with Crippen LogP contribution in [-0.2, 0) is 0 Å². The van der Waals surface area contributed by atoms with E-state index in [0.29, 0.717) is 10.8 Å². The van der Waals surface area contributed by atoms with Gasteiger partial charge in [-0.1, -0.05) is 27.7 Å². The van der Waals surface area contributed by atoms with Gasteiger partial charge < -0.3 is 10.6 Å². The first-order chi connectivity index (χ1) is 11.3. The Balaban J connectivity index is 1.20. The van der Waals surface area contributed by atoms with Crippen LogP contribution in [0.3, 0.4) is 0 Å². The van der Waals surface area contributed by atoms with Crippen LogP contribution >= 0.6 is 12.2 Å². The summed E-state index contributed by atoms with van der Waals surface area (Å²) in [6.45, 7) is 12.1. The van der Waals surface area contributed by atoms with Crippen molar-refractivity contribution in [3.63, 3.8) is 0 Å². The molecular formula is C21H36N2S. The Hall–Kier alpha value is -0.310. The maximum atomic E-state index is 5.59. The van der Waals surface area contributed by atoms with E-state index < -0.39 is 0 Å². The average molecular weight is 349 g/mol. The van der Waals surface area contributed by atoms with Crippen LogP contribution in [0.2, 0.25) is 0 Å². The molecule has 0 heterocycles. The van der Waals surface area contributed by atoms with Crippen LogP contribution in [0.25, 0.3) is 0 Å². The third-order valence-corrected chi connectivity index (χ3v) is 9.34. The fourth-order valence-electron chi connectivity index (χ4n) is 6.92. The molecule has 0 aromatic rings. The highest BCUT2D eigenvalue weighted by molar-refractivity contribution is 7.80. The van der Waals surface area contributed by atoms with E-state index in [1.54, 1.807) is 0 Å². The average Bonchev–Trinajstić information content (AvgIpc) is 2.58. The summed E-state index contributed by atoms with van der Waals surface area (Å²) in [4.78, 5) is 0. The molecule has 6 saturated carbocycles. The first kappa shape index (κ1) is 17.1. The van der Waals surface area contributed by atoms with Gasteiger partial charge in [-0.25, -0.2) is 0 Å². The topological polar surface area (TPSA) is 24.1 Å². The Bertz CT molecular complexity index is 464. The molecule has 0 aromatic heterocycles. The molecule has 0 saturated heterocycles. The standard InChI is InChI=1S/C21H36N2S/c1-20(2)15-7-5-13(17(20)9-15)11-22-19(24)23-12-14-6-8-16-10-18(14)21(16,3)4/h13-18H,5-12H2,1-4H3,(H2,22,23,24)/t13-,14-,15+,16+,17+,18+/m1/s1. The van der Waals surface area contributed by atoms with E-state index in [-0.39, 0.29) is 0 Å². The van der Waals surface area contributed by atoms with E-state index in [1.807, 2.05) is 0 Å². The molecule has 6 atom stereocenters. The number of nitrogens with one attached hydrogen (secondary N) is 2. The zero-order valence-electron chi connectivity index (χ0n) is 16.0. The quantitative estimate of drug-likeness (QED) is 0.726. The van der Waals surface area contributed by atoms with Gasteiger partial charge in [-0.2, -0.15) is 0 Å². The predicted octanol–water partition coefficient (Wildman–Crippen LogP) is 4.60. The van der Waals surface area contributed by atoms with Crippen molar-refractivity contribution in [1.29, 1.82) is 0 Å². The van der Waals surface area contributed by atoms with Crippen molar-refractivity contribution in [1.82, 2.24) is 10.6 Å². The second kappa shape index (κ2) is 5.86. The summed E-state index contributed by atoms with van der Waals surface area (Å²) in [5.41, 5.74) is 1.15.